The summed E-state index contributed by atoms with van der Waals surface area (Å²) in [4.78, 5) is 2.24. The number of nitrogens with zero attached hydrogens (tertiary/aromatic N) is 1. The molecule has 2 heterocycles. The predicted octanol–water partition coefficient (Wildman–Crippen LogP) is 2.36. The molecule has 1 unspecified atom stereocenters. The number of benzene rings is 2. The highest BCUT2D eigenvalue weighted by molar-refractivity contribution is 5.86. The summed E-state index contributed by atoms with van der Waals surface area (Å²) in [6, 6.07) is 14.1. The van der Waals surface area contributed by atoms with Crippen molar-refractivity contribution in [1.29, 1.82) is 0 Å². The van der Waals surface area contributed by atoms with Crippen LogP contribution in [-0.2, 0) is 4.74 Å². The van der Waals surface area contributed by atoms with E-state index in [-0.39, 0.29) is 6.35 Å². The van der Waals surface area contributed by atoms with Gasteiger partial charge in [-0.25, -0.2) is 4.90 Å². The third kappa shape index (κ3) is 2.38. The number of fused-ring (bicyclic) bond motifs is 1. The second kappa shape index (κ2) is 5.51. The van der Waals surface area contributed by atoms with Crippen LogP contribution in [0.5, 0.6) is 5.75 Å². The van der Waals surface area contributed by atoms with Gasteiger partial charge in [-0.1, -0.05) is 30.3 Å². The molecule has 0 spiro atoms. The number of morpholine rings is 1. The largest absolute Gasteiger partial charge is 0.455 e. The van der Waals surface area contributed by atoms with Crippen molar-refractivity contribution in [2.24, 2.45) is 0 Å². The Bertz CT molecular complexity index is 669. The van der Waals surface area contributed by atoms with E-state index in [2.05, 4.69) is 22.3 Å². The molecule has 1 atom stereocenters. The van der Waals surface area contributed by atoms with E-state index in [1.54, 1.807) is 0 Å². The molecule has 2 aromatic carbocycles. The van der Waals surface area contributed by atoms with Crippen molar-refractivity contribution in [3.8, 4) is 16.9 Å². The quantitative estimate of drug-likeness (QED) is 0.833. The molecule has 0 amide bonds. The van der Waals surface area contributed by atoms with E-state index in [1.165, 1.54) is 0 Å². The monoisotopic (exact) mass is 297 g/mol. The average molecular weight is 297 g/mol. The predicted molar refractivity (Wildman–Crippen MR) is 86.7 cm³/mol. The Hall–Kier alpha value is -2.24. The summed E-state index contributed by atoms with van der Waals surface area (Å²) < 4.78 is 11.5. The first kappa shape index (κ1) is 13.4. The Kier molecular flexibility index (Phi) is 3.36. The first-order chi connectivity index (χ1) is 10.8. The van der Waals surface area contributed by atoms with Gasteiger partial charge in [0.05, 0.1) is 18.9 Å². The molecule has 3 N–H and O–H groups in total. The van der Waals surface area contributed by atoms with Gasteiger partial charge >= 0.3 is 0 Å². The molecule has 2 aromatic rings. The van der Waals surface area contributed by atoms with Crippen LogP contribution in [0.1, 0.15) is 0 Å². The van der Waals surface area contributed by atoms with Gasteiger partial charge in [-0.15, -0.1) is 0 Å². The zero-order valence-electron chi connectivity index (χ0n) is 12.3. The zero-order chi connectivity index (χ0) is 14.9. The molecular weight excluding hydrogens is 278 g/mol. The minimum Gasteiger partial charge on any atom is -0.455 e. The van der Waals surface area contributed by atoms with E-state index in [4.69, 9.17) is 15.2 Å². The number of rotatable bonds is 2. The van der Waals surface area contributed by atoms with Gasteiger partial charge in [0.1, 0.15) is 5.75 Å². The average Bonchev–Trinajstić information content (AvgIpc) is 2.99. The third-order valence-electron chi connectivity index (χ3n) is 4.09. The molecule has 114 valence electrons. The molecule has 0 aromatic heterocycles. The van der Waals surface area contributed by atoms with Crippen LogP contribution in [0, 0.1) is 0 Å². The van der Waals surface area contributed by atoms with E-state index >= 15 is 0 Å². The van der Waals surface area contributed by atoms with Gasteiger partial charge in [-0.3, -0.25) is 0 Å². The van der Waals surface area contributed by atoms with Gasteiger partial charge in [-0.05, 0) is 11.6 Å². The summed E-state index contributed by atoms with van der Waals surface area (Å²) in [5.41, 5.74) is 9.98. The van der Waals surface area contributed by atoms with Crippen molar-refractivity contribution in [2.75, 3.05) is 37.4 Å². The topological polar surface area (TPSA) is 59.8 Å². The molecule has 1 saturated heterocycles. The Balaban J connectivity index is 1.68. The number of anilines is 2. The highest BCUT2D eigenvalue weighted by atomic mass is 16.5. The van der Waals surface area contributed by atoms with Gasteiger partial charge < -0.3 is 20.5 Å². The molecule has 0 bridgehead atoms. The summed E-state index contributed by atoms with van der Waals surface area (Å²) >= 11 is 0. The van der Waals surface area contributed by atoms with Crippen molar-refractivity contribution < 1.29 is 9.47 Å². The number of ether oxygens (including phenoxy) is 2. The lowest BCUT2D eigenvalue weighted by Gasteiger charge is -2.31. The maximum atomic E-state index is 6.07. The maximum absolute atomic E-state index is 6.07. The van der Waals surface area contributed by atoms with Crippen molar-refractivity contribution in [2.45, 2.75) is 6.35 Å². The molecular formula is C17H19N3O2. The van der Waals surface area contributed by atoms with Crippen molar-refractivity contribution in [1.82, 2.24) is 4.90 Å². The highest BCUT2D eigenvalue weighted by Crippen LogP contribution is 2.42. The number of nitrogens with one attached hydrogen (secondary N) is 1. The van der Waals surface area contributed by atoms with Crippen LogP contribution < -0.4 is 15.8 Å². The molecule has 2 aliphatic rings. The summed E-state index contributed by atoms with van der Waals surface area (Å²) in [6.07, 6.45) is -0.150. The Morgan fingerprint density at radius 2 is 1.86 bits per heavy atom. The third-order valence-corrected chi connectivity index (χ3v) is 4.09. The number of nitrogen functional groups attached to an aromatic ring is 1. The lowest BCUT2D eigenvalue weighted by atomic mass is 10.0. The summed E-state index contributed by atoms with van der Waals surface area (Å²) in [7, 11) is 0. The lowest BCUT2D eigenvalue weighted by Crippen LogP contribution is -2.48. The van der Waals surface area contributed by atoms with Gasteiger partial charge in [0.2, 0.25) is 6.35 Å². The fraction of sp³-hybridized carbons (Fsp3) is 0.294. The van der Waals surface area contributed by atoms with Crippen molar-refractivity contribution in [3.05, 3.63) is 42.5 Å². The van der Waals surface area contributed by atoms with Crippen LogP contribution in [0.25, 0.3) is 11.1 Å². The summed E-state index contributed by atoms with van der Waals surface area (Å²) in [5, 5.41) is 3.49. The van der Waals surface area contributed by atoms with E-state index in [9.17, 15) is 0 Å². The molecule has 5 nitrogen and oxygen atoms in total. The highest BCUT2D eigenvalue weighted by Gasteiger charge is 2.31. The molecule has 2 aliphatic heterocycles. The number of nitrogens with two attached hydrogens (primary N) is 1. The van der Waals surface area contributed by atoms with E-state index < -0.39 is 0 Å². The minimum absolute atomic E-state index is 0.150. The second-order valence-corrected chi connectivity index (χ2v) is 5.57. The molecule has 1 fully saturated rings. The SMILES string of the molecule is Nc1cc2c(c(-c3ccccc3)c1)NC(N1CCOCC1)O2. The van der Waals surface area contributed by atoms with E-state index in [1.807, 2.05) is 30.3 Å². The van der Waals surface area contributed by atoms with Crippen LogP contribution in [0.4, 0.5) is 11.4 Å². The van der Waals surface area contributed by atoms with E-state index in [0.717, 1.165) is 48.9 Å². The molecule has 0 saturated carbocycles. The fourth-order valence-electron chi connectivity index (χ4n) is 2.97. The van der Waals surface area contributed by atoms with Crippen molar-refractivity contribution in [3.63, 3.8) is 0 Å². The first-order valence-corrected chi connectivity index (χ1v) is 7.55. The number of hydrogen-bond acceptors (Lipinski definition) is 5. The normalized spacial score (nSPS) is 21.0. The molecule has 4 rings (SSSR count). The van der Waals surface area contributed by atoms with Gasteiger partial charge in [-0.2, -0.15) is 0 Å². The molecule has 5 heteroatoms. The van der Waals surface area contributed by atoms with Gasteiger partial charge in [0.25, 0.3) is 0 Å². The lowest BCUT2D eigenvalue weighted by molar-refractivity contribution is -0.0274. The van der Waals surface area contributed by atoms with Crippen molar-refractivity contribution >= 4 is 11.4 Å². The molecule has 22 heavy (non-hydrogen) atoms. The summed E-state index contributed by atoms with van der Waals surface area (Å²) in [6.45, 7) is 3.21. The maximum Gasteiger partial charge on any atom is 0.230 e. The van der Waals surface area contributed by atoms with Crippen LogP contribution in [0.3, 0.4) is 0 Å². The first-order valence-electron chi connectivity index (χ1n) is 7.55. The number of hydrogen-bond donors (Lipinski definition) is 2. The fourth-order valence-corrected chi connectivity index (χ4v) is 2.97. The second-order valence-electron chi connectivity index (χ2n) is 5.57. The molecule has 0 radical (unpaired) electrons. The Morgan fingerprint density at radius 1 is 1.09 bits per heavy atom. The van der Waals surface area contributed by atoms with Crippen LogP contribution in [0.2, 0.25) is 0 Å². The van der Waals surface area contributed by atoms with Crippen LogP contribution in [0.15, 0.2) is 42.5 Å². The smallest absolute Gasteiger partial charge is 0.230 e. The summed E-state index contributed by atoms with van der Waals surface area (Å²) in [5.74, 6) is 0.815. The van der Waals surface area contributed by atoms with E-state index in [0.29, 0.717) is 5.69 Å². The minimum atomic E-state index is -0.150. The molecule has 0 aliphatic carbocycles. The van der Waals surface area contributed by atoms with Gasteiger partial charge in [0, 0.05) is 30.4 Å². The van der Waals surface area contributed by atoms with Crippen LogP contribution >= 0.6 is 0 Å². The van der Waals surface area contributed by atoms with Crippen LogP contribution in [-0.4, -0.2) is 37.6 Å². The standard InChI is InChI=1S/C17H19N3O2/c18-13-10-14(12-4-2-1-3-5-12)16-15(11-13)22-17(19-16)20-6-8-21-9-7-20/h1-5,10-11,17,19H,6-9,18H2. The van der Waals surface area contributed by atoms with Gasteiger partial charge in [0.15, 0.2) is 0 Å². The Morgan fingerprint density at radius 3 is 2.64 bits per heavy atom. The Labute approximate surface area is 129 Å². The zero-order valence-corrected chi connectivity index (χ0v) is 12.3.